The molecule has 9 heteroatoms. The zero-order valence-corrected chi connectivity index (χ0v) is 18.9. The molecule has 176 valence electrons. The first-order valence-electron chi connectivity index (χ1n) is 10.9. The Bertz CT molecular complexity index is 1010. The van der Waals surface area contributed by atoms with Crippen LogP contribution in [0.15, 0.2) is 42.5 Å². The molecule has 3 rings (SSSR count). The molecule has 0 radical (unpaired) electrons. The molecular formula is C24H30N4O5. The van der Waals surface area contributed by atoms with Gasteiger partial charge in [0, 0.05) is 24.3 Å². The van der Waals surface area contributed by atoms with Crippen LogP contribution >= 0.6 is 0 Å². The van der Waals surface area contributed by atoms with Gasteiger partial charge in [-0.15, -0.1) is 0 Å². The normalized spacial score (nSPS) is 16.0. The molecule has 1 saturated heterocycles. The van der Waals surface area contributed by atoms with E-state index in [9.17, 15) is 14.4 Å². The van der Waals surface area contributed by atoms with Crippen molar-refractivity contribution in [1.29, 1.82) is 0 Å². The number of carbonyl (C=O) groups is 3. The summed E-state index contributed by atoms with van der Waals surface area (Å²) in [6, 6.07) is 11.4. The summed E-state index contributed by atoms with van der Waals surface area (Å²) in [5, 5.41) is 5.62. The molecule has 1 aliphatic heterocycles. The molecule has 0 aromatic heterocycles. The molecule has 4 N–H and O–H groups in total. The van der Waals surface area contributed by atoms with Gasteiger partial charge in [-0.25, -0.2) is 0 Å². The van der Waals surface area contributed by atoms with Gasteiger partial charge >= 0.3 is 0 Å². The molecule has 1 heterocycles. The number of methoxy groups -OCH3 is 2. The number of nitrogens with zero attached hydrogens (tertiary/aromatic N) is 1. The third kappa shape index (κ3) is 6.23. The monoisotopic (exact) mass is 454 g/mol. The minimum absolute atomic E-state index is 0.0889. The maximum atomic E-state index is 13.1. The van der Waals surface area contributed by atoms with E-state index in [1.165, 1.54) is 19.1 Å². The van der Waals surface area contributed by atoms with Crippen LogP contribution in [-0.2, 0) is 16.1 Å². The smallest absolute Gasteiger partial charge is 0.252 e. The Kier molecular flexibility index (Phi) is 8.26. The van der Waals surface area contributed by atoms with E-state index in [0.717, 1.165) is 18.4 Å². The van der Waals surface area contributed by atoms with Crippen LogP contribution in [0.4, 0.5) is 5.69 Å². The number of nitrogens with two attached hydrogens (primary N) is 1. The maximum Gasteiger partial charge on any atom is 0.252 e. The molecule has 33 heavy (non-hydrogen) atoms. The molecule has 9 nitrogen and oxygen atoms in total. The Labute approximate surface area is 193 Å². The topological polar surface area (TPSA) is 123 Å². The summed E-state index contributed by atoms with van der Waals surface area (Å²) >= 11 is 0. The summed E-state index contributed by atoms with van der Waals surface area (Å²) in [5.74, 6) is -0.0288. The SMILES string of the molecule is COc1ccc(C(=O)NC2CCCCN(CC(=O)Nc3cccc(CN)c3)C2=O)cc1OC. The van der Waals surface area contributed by atoms with Gasteiger partial charge in [-0.05, 0) is 55.2 Å². The minimum Gasteiger partial charge on any atom is -0.493 e. The highest BCUT2D eigenvalue weighted by molar-refractivity contribution is 5.99. The lowest BCUT2D eigenvalue weighted by atomic mass is 10.1. The summed E-state index contributed by atoms with van der Waals surface area (Å²) in [6.45, 7) is 0.738. The van der Waals surface area contributed by atoms with Crippen LogP contribution in [0.5, 0.6) is 11.5 Å². The first-order valence-corrected chi connectivity index (χ1v) is 10.9. The highest BCUT2D eigenvalue weighted by atomic mass is 16.5. The average Bonchev–Trinajstić information content (AvgIpc) is 2.99. The minimum atomic E-state index is -0.707. The van der Waals surface area contributed by atoms with E-state index in [4.69, 9.17) is 15.2 Å². The van der Waals surface area contributed by atoms with Crippen molar-refractivity contribution < 1.29 is 23.9 Å². The summed E-state index contributed by atoms with van der Waals surface area (Å²) in [5.41, 5.74) is 7.53. The average molecular weight is 455 g/mol. The van der Waals surface area contributed by atoms with Crippen LogP contribution < -0.4 is 25.8 Å². The number of carbonyl (C=O) groups excluding carboxylic acids is 3. The van der Waals surface area contributed by atoms with Gasteiger partial charge in [-0.3, -0.25) is 14.4 Å². The molecule has 0 saturated carbocycles. The summed E-state index contributed by atoms with van der Waals surface area (Å²) in [6.07, 6.45) is 2.03. The molecule has 2 aromatic carbocycles. The van der Waals surface area contributed by atoms with Crippen molar-refractivity contribution in [2.24, 2.45) is 5.73 Å². The molecule has 0 spiro atoms. The maximum absolute atomic E-state index is 13.1. The van der Waals surface area contributed by atoms with Gasteiger partial charge in [0.15, 0.2) is 11.5 Å². The van der Waals surface area contributed by atoms with E-state index in [1.54, 1.807) is 30.3 Å². The molecule has 1 fully saturated rings. The predicted octanol–water partition coefficient (Wildman–Crippen LogP) is 1.91. The van der Waals surface area contributed by atoms with Crippen molar-refractivity contribution in [3.05, 3.63) is 53.6 Å². The Morgan fingerprint density at radius 3 is 2.61 bits per heavy atom. The van der Waals surface area contributed by atoms with Gasteiger partial charge in [0.1, 0.15) is 6.04 Å². The molecule has 0 bridgehead atoms. The fourth-order valence-electron chi connectivity index (χ4n) is 3.77. The van der Waals surface area contributed by atoms with E-state index in [0.29, 0.717) is 42.3 Å². The molecule has 1 aliphatic rings. The molecular weight excluding hydrogens is 424 g/mol. The Morgan fingerprint density at radius 2 is 1.88 bits per heavy atom. The van der Waals surface area contributed by atoms with Crippen LogP contribution in [0.25, 0.3) is 0 Å². The van der Waals surface area contributed by atoms with Crippen molar-refractivity contribution in [3.63, 3.8) is 0 Å². The fourth-order valence-corrected chi connectivity index (χ4v) is 3.77. The lowest BCUT2D eigenvalue weighted by molar-refractivity contribution is -0.135. The first-order chi connectivity index (χ1) is 15.9. The predicted molar refractivity (Wildman–Crippen MR) is 124 cm³/mol. The van der Waals surface area contributed by atoms with Crippen molar-refractivity contribution in [3.8, 4) is 11.5 Å². The highest BCUT2D eigenvalue weighted by Gasteiger charge is 2.30. The lowest BCUT2D eigenvalue weighted by Gasteiger charge is -2.24. The largest absolute Gasteiger partial charge is 0.493 e. The number of rotatable bonds is 8. The number of benzene rings is 2. The molecule has 1 atom stereocenters. The molecule has 1 unspecified atom stereocenters. The Balaban J connectivity index is 1.65. The zero-order chi connectivity index (χ0) is 23.8. The van der Waals surface area contributed by atoms with Crippen molar-refractivity contribution in [2.45, 2.75) is 31.8 Å². The number of likely N-dealkylation sites (tertiary alicyclic amines) is 1. The third-order valence-corrected chi connectivity index (χ3v) is 5.51. The molecule has 2 aromatic rings. The Hall–Kier alpha value is -3.59. The second-order valence-corrected chi connectivity index (χ2v) is 7.80. The molecule has 3 amide bonds. The third-order valence-electron chi connectivity index (χ3n) is 5.51. The highest BCUT2D eigenvalue weighted by Crippen LogP contribution is 2.27. The second kappa shape index (κ2) is 11.3. The lowest BCUT2D eigenvalue weighted by Crippen LogP contribution is -2.49. The van der Waals surface area contributed by atoms with E-state index >= 15 is 0 Å². The van der Waals surface area contributed by atoms with Crippen molar-refractivity contribution >= 4 is 23.4 Å². The number of hydrogen-bond donors (Lipinski definition) is 3. The van der Waals surface area contributed by atoms with Gasteiger partial charge in [0.05, 0.1) is 20.8 Å². The number of ether oxygens (including phenoxy) is 2. The van der Waals surface area contributed by atoms with Crippen molar-refractivity contribution in [1.82, 2.24) is 10.2 Å². The standard InChI is InChI=1S/C24H30N4O5/c1-32-20-10-9-17(13-21(20)33-2)23(30)27-19-8-3-4-11-28(24(19)31)15-22(29)26-18-7-5-6-16(12-18)14-25/h5-7,9-10,12-13,19H,3-4,8,11,14-15,25H2,1-2H3,(H,26,29)(H,27,30). The van der Waals surface area contributed by atoms with Gasteiger partial charge < -0.3 is 30.7 Å². The van der Waals surface area contributed by atoms with Crippen LogP contribution in [0.3, 0.4) is 0 Å². The second-order valence-electron chi connectivity index (χ2n) is 7.80. The Morgan fingerprint density at radius 1 is 1.09 bits per heavy atom. The first kappa shape index (κ1) is 24.1. The number of hydrogen-bond acceptors (Lipinski definition) is 6. The van der Waals surface area contributed by atoms with E-state index < -0.39 is 6.04 Å². The molecule has 0 aliphatic carbocycles. The summed E-state index contributed by atoms with van der Waals surface area (Å²) in [7, 11) is 3.00. The number of nitrogens with one attached hydrogen (secondary N) is 2. The zero-order valence-electron chi connectivity index (χ0n) is 18.9. The number of amides is 3. The van der Waals surface area contributed by atoms with E-state index in [1.807, 2.05) is 12.1 Å². The van der Waals surface area contributed by atoms with Crippen LogP contribution in [0, 0.1) is 0 Å². The number of anilines is 1. The van der Waals surface area contributed by atoms with E-state index in [-0.39, 0.29) is 24.3 Å². The van der Waals surface area contributed by atoms with Gasteiger partial charge in [-0.2, -0.15) is 0 Å². The van der Waals surface area contributed by atoms with Crippen LogP contribution in [0.1, 0.15) is 35.2 Å². The summed E-state index contributed by atoms with van der Waals surface area (Å²) in [4.78, 5) is 40.0. The van der Waals surface area contributed by atoms with Gasteiger partial charge in [-0.1, -0.05) is 12.1 Å². The summed E-state index contributed by atoms with van der Waals surface area (Å²) < 4.78 is 10.5. The quantitative estimate of drug-likeness (QED) is 0.560. The van der Waals surface area contributed by atoms with Crippen LogP contribution in [-0.4, -0.2) is 56.0 Å². The fraction of sp³-hybridized carbons (Fsp3) is 0.375. The van der Waals surface area contributed by atoms with Gasteiger partial charge in [0.25, 0.3) is 5.91 Å². The van der Waals surface area contributed by atoms with E-state index in [2.05, 4.69) is 10.6 Å². The van der Waals surface area contributed by atoms with Gasteiger partial charge in [0.2, 0.25) is 11.8 Å². The van der Waals surface area contributed by atoms with Crippen molar-refractivity contribution in [2.75, 3.05) is 32.6 Å². The van der Waals surface area contributed by atoms with Crippen LogP contribution in [0.2, 0.25) is 0 Å².